The summed E-state index contributed by atoms with van der Waals surface area (Å²) in [6, 6.07) is 7.90. The summed E-state index contributed by atoms with van der Waals surface area (Å²) in [4.78, 5) is 10.3. The molecule has 0 unspecified atom stereocenters. The predicted molar refractivity (Wildman–Crippen MR) is 59.5 cm³/mol. The Morgan fingerprint density at radius 1 is 1.12 bits per heavy atom. The minimum absolute atomic E-state index is 0.176. The highest BCUT2D eigenvalue weighted by Gasteiger charge is 2.07. The summed E-state index contributed by atoms with van der Waals surface area (Å²) in [5, 5.41) is 9.25. The van der Waals surface area contributed by atoms with Crippen molar-refractivity contribution in [2.45, 2.75) is 4.90 Å². The van der Waals surface area contributed by atoms with E-state index in [1.807, 2.05) is 0 Å². The van der Waals surface area contributed by atoms with E-state index < -0.39 is 15.8 Å². The molecule has 0 atom stereocenters. The van der Waals surface area contributed by atoms with Gasteiger partial charge in [0.1, 0.15) is 0 Å². The van der Waals surface area contributed by atoms with E-state index in [1.165, 1.54) is 18.2 Å². The molecule has 0 saturated heterocycles. The van der Waals surface area contributed by atoms with Crippen LogP contribution in [0, 0.1) is 0 Å². The molecule has 1 rings (SSSR count). The Morgan fingerprint density at radius 2 is 1.75 bits per heavy atom. The number of sulfone groups is 1. The van der Waals surface area contributed by atoms with Crippen LogP contribution in [-0.4, -0.2) is 19.5 Å². The molecule has 0 heterocycles. The molecule has 0 aliphatic rings. The highest BCUT2D eigenvalue weighted by atomic mass is 32.2. The third-order valence-corrected chi connectivity index (χ3v) is 3.12. The quantitative estimate of drug-likeness (QED) is 0.639. The number of rotatable bonds is 4. The van der Waals surface area contributed by atoms with Crippen molar-refractivity contribution in [1.82, 2.24) is 0 Å². The Hall–Kier alpha value is -1.88. The molecule has 1 N–H and O–H groups in total. The van der Waals surface area contributed by atoms with E-state index in [0.717, 1.165) is 17.6 Å². The number of hydrogen-bond donors (Lipinski definition) is 1. The molecule has 0 spiro atoms. The van der Waals surface area contributed by atoms with Crippen molar-refractivity contribution in [2.75, 3.05) is 0 Å². The fourth-order valence-electron chi connectivity index (χ4n) is 0.975. The van der Waals surface area contributed by atoms with Gasteiger partial charge in [0.2, 0.25) is 0 Å². The minimum atomic E-state index is -3.48. The Labute approximate surface area is 93.5 Å². The summed E-state index contributed by atoms with van der Waals surface area (Å²) in [6.45, 7) is 0. The van der Waals surface area contributed by atoms with Crippen molar-refractivity contribution in [3.63, 3.8) is 0 Å². The molecule has 0 aromatic heterocycles. The topological polar surface area (TPSA) is 71.4 Å². The molecule has 0 fully saturated rings. The minimum Gasteiger partial charge on any atom is -0.478 e. The smallest absolute Gasteiger partial charge is 0.328 e. The van der Waals surface area contributed by atoms with Gasteiger partial charge in [0.05, 0.1) is 4.90 Å². The highest BCUT2D eigenvalue weighted by molar-refractivity contribution is 7.94. The number of aliphatic carboxylic acids is 1. The number of allylic oxidation sites excluding steroid dienone is 2. The normalized spacial score (nSPS) is 12.2. The third-order valence-electron chi connectivity index (χ3n) is 1.68. The van der Waals surface area contributed by atoms with Crippen molar-refractivity contribution >= 4 is 15.8 Å². The van der Waals surface area contributed by atoms with Crippen LogP contribution in [0.2, 0.25) is 0 Å². The van der Waals surface area contributed by atoms with E-state index in [0.29, 0.717) is 0 Å². The predicted octanol–water partition coefficient (Wildman–Crippen LogP) is 1.61. The third kappa shape index (κ3) is 3.70. The number of carboxylic acids is 1. The van der Waals surface area contributed by atoms with Gasteiger partial charge in [-0.25, -0.2) is 13.2 Å². The van der Waals surface area contributed by atoms with Crippen LogP contribution in [-0.2, 0) is 14.6 Å². The zero-order chi connectivity index (χ0) is 12.0. The molecule has 1 aromatic carbocycles. The first-order valence-corrected chi connectivity index (χ1v) is 5.95. The summed E-state index contributed by atoms with van der Waals surface area (Å²) in [5.41, 5.74) is 0. The maximum absolute atomic E-state index is 11.6. The van der Waals surface area contributed by atoms with Crippen molar-refractivity contribution in [2.24, 2.45) is 0 Å². The summed E-state index contributed by atoms with van der Waals surface area (Å²) >= 11 is 0. The lowest BCUT2D eigenvalue weighted by Gasteiger charge is -1.96. The molecular weight excluding hydrogens is 228 g/mol. The molecule has 4 nitrogen and oxygen atoms in total. The first-order chi connectivity index (χ1) is 7.52. The number of carboxylic acid groups (broad SMARTS) is 1. The van der Waals surface area contributed by atoms with Crippen molar-refractivity contribution in [3.05, 3.63) is 54.0 Å². The van der Waals surface area contributed by atoms with E-state index in [1.54, 1.807) is 18.2 Å². The van der Waals surface area contributed by atoms with Crippen LogP contribution in [0.1, 0.15) is 0 Å². The molecule has 0 bridgehead atoms. The van der Waals surface area contributed by atoms with Gasteiger partial charge in [-0.3, -0.25) is 0 Å². The lowest BCUT2D eigenvalue weighted by molar-refractivity contribution is -0.131. The van der Waals surface area contributed by atoms with E-state index in [-0.39, 0.29) is 4.90 Å². The maximum Gasteiger partial charge on any atom is 0.328 e. The van der Waals surface area contributed by atoms with Gasteiger partial charge in [-0.15, -0.1) is 0 Å². The van der Waals surface area contributed by atoms with Gasteiger partial charge in [-0.05, 0) is 12.1 Å². The number of carbonyl (C=O) groups is 1. The fraction of sp³-hybridized carbons (Fsp3) is 0. The van der Waals surface area contributed by atoms with Crippen molar-refractivity contribution < 1.29 is 18.3 Å². The first-order valence-electron chi connectivity index (χ1n) is 4.40. The average Bonchev–Trinajstić information content (AvgIpc) is 2.26. The summed E-state index contributed by atoms with van der Waals surface area (Å²) < 4.78 is 23.2. The Kier molecular flexibility index (Phi) is 4.02. The second-order valence-electron chi connectivity index (χ2n) is 2.88. The average molecular weight is 238 g/mol. The SMILES string of the molecule is O=C(O)C=CC=CS(=O)(=O)c1ccccc1. The van der Waals surface area contributed by atoms with Gasteiger partial charge >= 0.3 is 5.97 Å². The summed E-state index contributed by atoms with van der Waals surface area (Å²) in [6.07, 6.45) is 3.19. The second kappa shape index (κ2) is 5.27. The Bertz CT molecular complexity index is 512. The van der Waals surface area contributed by atoms with Gasteiger partial charge in [0, 0.05) is 11.5 Å². The molecule has 0 radical (unpaired) electrons. The Morgan fingerprint density at radius 3 is 2.31 bits per heavy atom. The van der Waals surface area contributed by atoms with Gasteiger partial charge < -0.3 is 5.11 Å². The lowest BCUT2D eigenvalue weighted by atomic mass is 10.4. The standard InChI is InChI=1S/C11H10O4S/c12-11(13)8-4-5-9-16(14,15)10-6-2-1-3-7-10/h1-9H,(H,12,13). The van der Waals surface area contributed by atoms with Gasteiger partial charge in [-0.2, -0.15) is 0 Å². The highest BCUT2D eigenvalue weighted by Crippen LogP contribution is 2.10. The fourth-order valence-corrected chi connectivity index (χ4v) is 1.97. The Balaban J connectivity index is 2.85. The van der Waals surface area contributed by atoms with Crippen LogP contribution in [0.15, 0.2) is 58.9 Å². The van der Waals surface area contributed by atoms with Crippen molar-refractivity contribution in [1.29, 1.82) is 0 Å². The van der Waals surface area contributed by atoms with Crippen LogP contribution in [0.25, 0.3) is 0 Å². The van der Waals surface area contributed by atoms with Crippen LogP contribution < -0.4 is 0 Å². The molecule has 0 aliphatic carbocycles. The lowest BCUT2D eigenvalue weighted by Crippen LogP contribution is -1.94. The van der Waals surface area contributed by atoms with E-state index in [9.17, 15) is 13.2 Å². The number of hydrogen-bond acceptors (Lipinski definition) is 3. The summed E-state index contributed by atoms with van der Waals surface area (Å²) in [7, 11) is -3.48. The zero-order valence-electron chi connectivity index (χ0n) is 8.28. The van der Waals surface area contributed by atoms with Crippen LogP contribution >= 0.6 is 0 Å². The van der Waals surface area contributed by atoms with Crippen molar-refractivity contribution in [3.8, 4) is 0 Å². The van der Waals surface area contributed by atoms with Gasteiger partial charge in [0.15, 0.2) is 9.84 Å². The van der Waals surface area contributed by atoms with Crippen LogP contribution in [0.5, 0.6) is 0 Å². The first kappa shape index (κ1) is 12.2. The van der Waals surface area contributed by atoms with Crippen LogP contribution in [0.3, 0.4) is 0 Å². The maximum atomic E-state index is 11.6. The number of benzene rings is 1. The molecule has 84 valence electrons. The second-order valence-corrected chi connectivity index (χ2v) is 4.72. The molecule has 5 heteroatoms. The monoisotopic (exact) mass is 238 g/mol. The van der Waals surface area contributed by atoms with Gasteiger partial charge in [-0.1, -0.05) is 30.4 Å². The zero-order valence-corrected chi connectivity index (χ0v) is 9.09. The largest absolute Gasteiger partial charge is 0.478 e. The van der Waals surface area contributed by atoms with E-state index >= 15 is 0 Å². The molecule has 0 amide bonds. The molecule has 0 saturated carbocycles. The molecule has 1 aromatic rings. The molecule has 0 aliphatic heterocycles. The summed E-state index contributed by atoms with van der Waals surface area (Å²) in [5.74, 6) is -1.12. The van der Waals surface area contributed by atoms with Crippen LogP contribution in [0.4, 0.5) is 0 Å². The molecule has 16 heavy (non-hydrogen) atoms. The van der Waals surface area contributed by atoms with E-state index in [2.05, 4.69) is 0 Å². The van der Waals surface area contributed by atoms with Gasteiger partial charge in [0.25, 0.3) is 0 Å². The van der Waals surface area contributed by atoms with E-state index in [4.69, 9.17) is 5.11 Å². The molecular formula is C11H10O4S.